The van der Waals surface area contributed by atoms with Crippen LogP contribution in [-0.2, 0) is 11.2 Å². The van der Waals surface area contributed by atoms with Crippen molar-refractivity contribution < 1.29 is 23.7 Å². The Hall–Kier alpha value is -3.45. The Labute approximate surface area is 220 Å². The van der Waals surface area contributed by atoms with E-state index in [1.54, 1.807) is 28.4 Å². The van der Waals surface area contributed by atoms with E-state index >= 15 is 0 Å². The van der Waals surface area contributed by atoms with Gasteiger partial charge in [0.2, 0.25) is 11.7 Å². The molecule has 1 aliphatic heterocycles. The van der Waals surface area contributed by atoms with Gasteiger partial charge in [-0.1, -0.05) is 12.1 Å². The number of amides is 1. The SMILES string of the molecule is COc1ccc2c(c1)C(CC(=O)N1CC[C@H](N(C)C)C1)=C(C)/C2=C/Cc1cc(OC)c(OC)c(OC)c1. The van der Waals surface area contributed by atoms with E-state index in [0.717, 1.165) is 58.7 Å². The Morgan fingerprint density at radius 3 is 2.27 bits per heavy atom. The fraction of sp³-hybridized carbons (Fsp3) is 0.433. The number of nitrogens with zero attached hydrogens (tertiary/aromatic N) is 2. The highest BCUT2D eigenvalue weighted by atomic mass is 16.5. The first-order valence-corrected chi connectivity index (χ1v) is 12.6. The first kappa shape index (κ1) is 26.6. The smallest absolute Gasteiger partial charge is 0.227 e. The van der Waals surface area contributed by atoms with Crippen molar-refractivity contribution in [1.29, 1.82) is 0 Å². The molecule has 0 saturated carbocycles. The van der Waals surface area contributed by atoms with Gasteiger partial charge in [-0.3, -0.25) is 4.79 Å². The molecule has 2 aromatic carbocycles. The number of methoxy groups -OCH3 is 4. The van der Waals surface area contributed by atoms with Crippen LogP contribution in [0.15, 0.2) is 42.0 Å². The number of benzene rings is 2. The van der Waals surface area contributed by atoms with E-state index in [2.05, 4.69) is 38.1 Å². The number of ether oxygens (including phenoxy) is 4. The van der Waals surface area contributed by atoms with E-state index < -0.39 is 0 Å². The Balaban J connectivity index is 1.66. The predicted octanol–water partition coefficient (Wildman–Crippen LogP) is 4.69. The van der Waals surface area contributed by atoms with Gasteiger partial charge in [0.05, 0.1) is 34.9 Å². The molecular weight excluding hydrogens is 468 g/mol. The second-order valence-electron chi connectivity index (χ2n) is 9.79. The van der Waals surface area contributed by atoms with Crippen LogP contribution in [0.4, 0.5) is 0 Å². The number of fused-ring (bicyclic) bond motifs is 1. The number of hydrogen-bond acceptors (Lipinski definition) is 6. The first-order valence-electron chi connectivity index (χ1n) is 12.6. The molecule has 37 heavy (non-hydrogen) atoms. The molecule has 198 valence electrons. The van der Waals surface area contributed by atoms with Gasteiger partial charge in [-0.15, -0.1) is 0 Å². The van der Waals surface area contributed by atoms with Gasteiger partial charge in [-0.2, -0.15) is 0 Å². The van der Waals surface area contributed by atoms with Crippen molar-refractivity contribution in [3.8, 4) is 23.0 Å². The summed E-state index contributed by atoms with van der Waals surface area (Å²) in [4.78, 5) is 17.6. The summed E-state index contributed by atoms with van der Waals surface area (Å²) in [5.41, 5.74) is 6.59. The van der Waals surface area contributed by atoms with Gasteiger partial charge in [-0.05, 0) is 91.5 Å². The van der Waals surface area contributed by atoms with Crippen LogP contribution in [0.5, 0.6) is 23.0 Å². The minimum Gasteiger partial charge on any atom is -0.497 e. The first-order chi connectivity index (χ1) is 17.8. The van der Waals surface area contributed by atoms with Crippen LogP contribution in [-0.4, -0.2) is 77.4 Å². The normalized spacial score (nSPS) is 18.0. The molecule has 1 saturated heterocycles. The third kappa shape index (κ3) is 5.32. The van der Waals surface area contributed by atoms with E-state index in [0.29, 0.717) is 36.1 Å². The Kier molecular flexibility index (Phi) is 8.13. The lowest BCUT2D eigenvalue weighted by molar-refractivity contribution is -0.129. The summed E-state index contributed by atoms with van der Waals surface area (Å²) in [6, 6.07) is 10.5. The van der Waals surface area contributed by atoms with Gasteiger partial charge < -0.3 is 28.7 Å². The van der Waals surface area contributed by atoms with Crippen molar-refractivity contribution in [3.05, 3.63) is 58.7 Å². The van der Waals surface area contributed by atoms with Gasteiger partial charge in [-0.25, -0.2) is 0 Å². The summed E-state index contributed by atoms with van der Waals surface area (Å²) in [5.74, 6) is 2.81. The highest BCUT2D eigenvalue weighted by molar-refractivity contribution is 6.04. The summed E-state index contributed by atoms with van der Waals surface area (Å²) in [6.45, 7) is 3.71. The lowest BCUT2D eigenvalue weighted by Gasteiger charge is -2.21. The molecule has 0 N–H and O–H groups in total. The average Bonchev–Trinajstić information content (AvgIpc) is 3.50. The van der Waals surface area contributed by atoms with Crippen molar-refractivity contribution >= 4 is 17.1 Å². The molecule has 0 radical (unpaired) electrons. The number of likely N-dealkylation sites (tertiary alicyclic amines) is 1. The van der Waals surface area contributed by atoms with Crippen molar-refractivity contribution in [1.82, 2.24) is 9.80 Å². The highest BCUT2D eigenvalue weighted by Gasteiger charge is 2.31. The van der Waals surface area contributed by atoms with E-state index in [4.69, 9.17) is 18.9 Å². The number of likely N-dealkylation sites (N-methyl/N-ethyl adjacent to an activating group) is 1. The second-order valence-corrected chi connectivity index (χ2v) is 9.79. The lowest BCUT2D eigenvalue weighted by Crippen LogP contribution is -2.34. The Morgan fingerprint density at radius 2 is 1.70 bits per heavy atom. The van der Waals surface area contributed by atoms with Gasteiger partial charge in [0.1, 0.15) is 5.75 Å². The van der Waals surface area contributed by atoms with Crippen LogP contribution in [0.2, 0.25) is 0 Å². The molecule has 1 fully saturated rings. The zero-order valence-corrected chi connectivity index (χ0v) is 23.0. The standard InChI is InChI=1S/C30H38N2O5/c1-19-23(10-8-20-14-27(35-5)30(37-7)28(15-20)36-6)24-11-9-22(34-4)16-26(24)25(19)17-29(33)32-13-12-21(18-32)31(2)3/h9-11,14-16,21H,8,12-13,17-18H2,1-7H3/b23-10-/t21-/m0/s1. The molecule has 4 rings (SSSR count). The molecule has 1 heterocycles. The average molecular weight is 507 g/mol. The van der Waals surface area contributed by atoms with Gasteiger partial charge in [0.15, 0.2) is 11.5 Å². The van der Waals surface area contributed by atoms with Gasteiger partial charge >= 0.3 is 0 Å². The molecular formula is C30H38N2O5. The van der Waals surface area contributed by atoms with Crippen LogP contribution >= 0.6 is 0 Å². The summed E-state index contributed by atoms with van der Waals surface area (Å²) in [6.07, 6.45) is 4.29. The van der Waals surface area contributed by atoms with Crippen molar-refractivity contribution in [2.24, 2.45) is 0 Å². The van der Waals surface area contributed by atoms with E-state index in [9.17, 15) is 4.79 Å². The van der Waals surface area contributed by atoms with Crippen molar-refractivity contribution in [2.75, 3.05) is 55.6 Å². The molecule has 0 aromatic heterocycles. The van der Waals surface area contributed by atoms with Crippen molar-refractivity contribution in [3.63, 3.8) is 0 Å². The number of carbonyl (C=O) groups is 1. The fourth-order valence-electron chi connectivity index (χ4n) is 5.32. The second kappa shape index (κ2) is 11.3. The maximum Gasteiger partial charge on any atom is 0.227 e. The number of rotatable bonds is 9. The molecule has 7 nitrogen and oxygen atoms in total. The zero-order valence-electron chi connectivity index (χ0n) is 23.0. The minimum atomic E-state index is 0.179. The fourth-order valence-corrected chi connectivity index (χ4v) is 5.32. The van der Waals surface area contributed by atoms with Crippen LogP contribution in [0.25, 0.3) is 11.1 Å². The maximum atomic E-state index is 13.3. The molecule has 0 bridgehead atoms. The predicted molar refractivity (Wildman–Crippen MR) is 147 cm³/mol. The molecule has 1 atom stereocenters. The van der Waals surface area contributed by atoms with E-state index in [1.807, 2.05) is 29.2 Å². The molecule has 0 unspecified atom stereocenters. The molecule has 1 aliphatic carbocycles. The monoisotopic (exact) mass is 506 g/mol. The number of allylic oxidation sites excluding steroid dienone is 3. The molecule has 7 heteroatoms. The van der Waals surface area contributed by atoms with E-state index in [-0.39, 0.29) is 5.91 Å². The lowest BCUT2D eigenvalue weighted by atomic mass is 10.00. The summed E-state index contributed by atoms with van der Waals surface area (Å²) >= 11 is 0. The zero-order chi connectivity index (χ0) is 26.7. The van der Waals surface area contributed by atoms with Gasteiger partial charge in [0.25, 0.3) is 0 Å². The quantitative estimate of drug-likeness (QED) is 0.492. The van der Waals surface area contributed by atoms with Crippen LogP contribution in [0.3, 0.4) is 0 Å². The number of carbonyl (C=O) groups excluding carboxylic acids is 1. The third-order valence-corrected chi connectivity index (χ3v) is 7.54. The minimum absolute atomic E-state index is 0.179. The molecule has 0 spiro atoms. The largest absolute Gasteiger partial charge is 0.497 e. The molecule has 1 amide bonds. The maximum absolute atomic E-state index is 13.3. The Bertz CT molecular complexity index is 1210. The Morgan fingerprint density at radius 1 is 1.00 bits per heavy atom. The topological polar surface area (TPSA) is 60.5 Å². The number of hydrogen-bond donors (Lipinski definition) is 0. The summed E-state index contributed by atoms with van der Waals surface area (Å²) < 4.78 is 22.1. The highest BCUT2D eigenvalue weighted by Crippen LogP contribution is 2.45. The van der Waals surface area contributed by atoms with Crippen LogP contribution in [0.1, 0.15) is 36.5 Å². The van der Waals surface area contributed by atoms with E-state index in [1.165, 1.54) is 0 Å². The van der Waals surface area contributed by atoms with Crippen LogP contribution < -0.4 is 18.9 Å². The summed E-state index contributed by atoms with van der Waals surface area (Å²) in [7, 11) is 10.7. The van der Waals surface area contributed by atoms with Crippen LogP contribution in [0, 0.1) is 0 Å². The molecule has 2 aliphatic rings. The summed E-state index contributed by atoms with van der Waals surface area (Å²) in [5, 5.41) is 0. The molecule has 2 aromatic rings. The van der Waals surface area contributed by atoms with Crippen molar-refractivity contribution in [2.45, 2.75) is 32.2 Å². The third-order valence-electron chi connectivity index (χ3n) is 7.54. The van der Waals surface area contributed by atoms with Gasteiger partial charge in [0, 0.05) is 19.1 Å².